The number of pyridine rings is 1. The summed E-state index contributed by atoms with van der Waals surface area (Å²) in [5.74, 6) is -1.59. The highest BCUT2D eigenvalue weighted by atomic mass is 35.5. The molecule has 2 heterocycles. The topological polar surface area (TPSA) is 99.6 Å². The molecule has 2 N–H and O–H groups in total. The minimum Gasteiger partial charge on any atom is -0.477 e. The summed E-state index contributed by atoms with van der Waals surface area (Å²) < 4.78 is 0. The molecule has 0 unspecified atom stereocenters. The third-order valence-corrected chi connectivity index (χ3v) is 3.14. The monoisotopic (exact) mass is 283 g/mol. The Kier molecular flexibility index (Phi) is 3.39. The van der Waals surface area contributed by atoms with E-state index < -0.39 is 12.0 Å². The number of carboxylic acids is 1. The van der Waals surface area contributed by atoms with Gasteiger partial charge in [-0.05, 0) is 13.0 Å². The Labute approximate surface area is 113 Å². The standard InChI is InChI=1S/C11H10ClN3O4/c1-5-9(12)7(4-6(13-5)10(17)18)15-3-2-8(16)14-11(15)19/h4H,2-3H2,1H3,(H,17,18)(H,14,16,19). The Morgan fingerprint density at radius 3 is 2.79 bits per heavy atom. The summed E-state index contributed by atoms with van der Waals surface area (Å²) in [6, 6.07) is 0.590. The molecule has 1 saturated heterocycles. The summed E-state index contributed by atoms with van der Waals surface area (Å²) >= 11 is 6.04. The minimum absolute atomic E-state index is 0.131. The maximum atomic E-state index is 11.7. The fraction of sp³-hybridized carbons (Fsp3) is 0.273. The first-order valence-electron chi connectivity index (χ1n) is 5.42. The molecule has 7 nitrogen and oxygen atoms in total. The molecule has 1 aromatic heterocycles. The van der Waals surface area contributed by atoms with Crippen molar-refractivity contribution in [2.75, 3.05) is 11.4 Å². The molecule has 1 aromatic rings. The number of aromatic carboxylic acids is 1. The van der Waals surface area contributed by atoms with E-state index in [2.05, 4.69) is 10.3 Å². The number of amides is 3. The smallest absolute Gasteiger partial charge is 0.354 e. The third-order valence-electron chi connectivity index (χ3n) is 2.67. The fourth-order valence-corrected chi connectivity index (χ4v) is 1.94. The van der Waals surface area contributed by atoms with Crippen molar-refractivity contribution in [3.05, 3.63) is 22.5 Å². The van der Waals surface area contributed by atoms with Crippen LogP contribution in [-0.2, 0) is 4.79 Å². The molecule has 100 valence electrons. The zero-order valence-electron chi connectivity index (χ0n) is 9.94. The molecule has 0 spiro atoms. The van der Waals surface area contributed by atoms with Crippen LogP contribution in [0.4, 0.5) is 10.5 Å². The Morgan fingerprint density at radius 1 is 1.53 bits per heavy atom. The lowest BCUT2D eigenvalue weighted by molar-refractivity contribution is -0.120. The molecule has 0 radical (unpaired) electrons. The molecule has 0 saturated carbocycles. The first-order valence-corrected chi connectivity index (χ1v) is 5.79. The summed E-state index contributed by atoms with van der Waals surface area (Å²) in [6.45, 7) is 1.69. The number of halogens is 1. The Morgan fingerprint density at radius 2 is 2.21 bits per heavy atom. The number of hydrogen-bond donors (Lipinski definition) is 2. The highest BCUT2D eigenvalue weighted by Crippen LogP contribution is 2.30. The number of carbonyl (C=O) groups is 3. The maximum absolute atomic E-state index is 11.7. The van der Waals surface area contributed by atoms with Gasteiger partial charge in [0.25, 0.3) is 0 Å². The first-order chi connectivity index (χ1) is 8.90. The molecule has 0 bridgehead atoms. The second-order valence-electron chi connectivity index (χ2n) is 3.99. The van der Waals surface area contributed by atoms with E-state index in [9.17, 15) is 14.4 Å². The molecular weight excluding hydrogens is 274 g/mol. The van der Waals surface area contributed by atoms with Crippen LogP contribution in [0.2, 0.25) is 5.02 Å². The van der Waals surface area contributed by atoms with Gasteiger partial charge in [0, 0.05) is 13.0 Å². The van der Waals surface area contributed by atoms with Gasteiger partial charge < -0.3 is 5.11 Å². The molecule has 3 amide bonds. The minimum atomic E-state index is -1.21. The largest absolute Gasteiger partial charge is 0.477 e. The number of rotatable bonds is 2. The van der Waals surface area contributed by atoms with Crippen LogP contribution in [0.15, 0.2) is 6.07 Å². The highest BCUT2D eigenvalue weighted by molar-refractivity contribution is 6.34. The fourth-order valence-electron chi connectivity index (χ4n) is 1.74. The number of aromatic nitrogens is 1. The van der Waals surface area contributed by atoms with Crippen molar-refractivity contribution in [2.24, 2.45) is 0 Å². The van der Waals surface area contributed by atoms with Crippen LogP contribution in [0.5, 0.6) is 0 Å². The highest BCUT2D eigenvalue weighted by Gasteiger charge is 2.27. The summed E-state index contributed by atoms with van der Waals surface area (Å²) in [4.78, 5) is 38.8. The van der Waals surface area contributed by atoms with Crippen LogP contribution < -0.4 is 10.2 Å². The quantitative estimate of drug-likeness (QED) is 0.849. The molecule has 1 fully saturated rings. The molecule has 1 aliphatic rings. The summed E-state index contributed by atoms with van der Waals surface area (Å²) in [5.41, 5.74) is 0.333. The number of urea groups is 1. The molecule has 0 atom stereocenters. The number of carbonyl (C=O) groups excluding carboxylic acids is 2. The predicted octanol–water partition coefficient (Wildman–Crippen LogP) is 1.19. The van der Waals surface area contributed by atoms with Crippen molar-refractivity contribution >= 4 is 35.2 Å². The number of aryl methyl sites for hydroxylation is 1. The van der Waals surface area contributed by atoms with E-state index in [1.165, 1.54) is 11.0 Å². The molecule has 0 aromatic carbocycles. The predicted molar refractivity (Wildman–Crippen MR) is 66.4 cm³/mol. The molecule has 19 heavy (non-hydrogen) atoms. The maximum Gasteiger partial charge on any atom is 0.354 e. The van der Waals surface area contributed by atoms with Crippen LogP contribution in [0.1, 0.15) is 22.6 Å². The Hall–Kier alpha value is -2.15. The van der Waals surface area contributed by atoms with E-state index in [1.807, 2.05) is 0 Å². The van der Waals surface area contributed by atoms with Crippen molar-refractivity contribution in [3.63, 3.8) is 0 Å². The van der Waals surface area contributed by atoms with E-state index in [4.69, 9.17) is 16.7 Å². The number of nitrogens with one attached hydrogen (secondary N) is 1. The number of imide groups is 1. The second-order valence-corrected chi connectivity index (χ2v) is 4.36. The van der Waals surface area contributed by atoms with Crippen molar-refractivity contribution < 1.29 is 19.5 Å². The average molecular weight is 284 g/mol. The van der Waals surface area contributed by atoms with E-state index in [-0.39, 0.29) is 35.3 Å². The van der Waals surface area contributed by atoms with Crippen LogP contribution in [-0.4, -0.2) is 34.5 Å². The molecule has 2 rings (SSSR count). The van der Waals surface area contributed by atoms with Gasteiger partial charge in [-0.15, -0.1) is 0 Å². The SMILES string of the molecule is Cc1nc(C(=O)O)cc(N2CCC(=O)NC2=O)c1Cl. The van der Waals surface area contributed by atoms with Crippen LogP contribution in [0.25, 0.3) is 0 Å². The van der Waals surface area contributed by atoms with Gasteiger partial charge in [-0.1, -0.05) is 11.6 Å². The van der Waals surface area contributed by atoms with E-state index in [0.717, 1.165) is 0 Å². The van der Waals surface area contributed by atoms with Crippen LogP contribution in [0, 0.1) is 6.92 Å². The van der Waals surface area contributed by atoms with E-state index >= 15 is 0 Å². The van der Waals surface area contributed by atoms with Gasteiger partial charge in [0.15, 0.2) is 5.69 Å². The van der Waals surface area contributed by atoms with Crippen LogP contribution >= 0.6 is 11.6 Å². The molecular formula is C11H10ClN3O4. The van der Waals surface area contributed by atoms with Crippen molar-refractivity contribution in [2.45, 2.75) is 13.3 Å². The first kappa shape index (κ1) is 13.3. The summed E-state index contributed by atoms with van der Waals surface area (Å²) in [6.07, 6.45) is 0.131. The lowest BCUT2D eigenvalue weighted by Gasteiger charge is -2.27. The van der Waals surface area contributed by atoms with Gasteiger partial charge in [0.1, 0.15) is 0 Å². The lowest BCUT2D eigenvalue weighted by Crippen LogP contribution is -2.49. The normalized spacial score (nSPS) is 15.4. The number of carboxylic acid groups (broad SMARTS) is 1. The Bertz CT molecular complexity index is 588. The van der Waals surface area contributed by atoms with Gasteiger partial charge in [0.2, 0.25) is 5.91 Å². The Balaban J connectivity index is 2.46. The molecule has 1 aliphatic heterocycles. The molecule has 8 heteroatoms. The van der Waals surface area contributed by atoms with Crippen molar-refractivity contribution in [1.29, 1.82) is 0 Å². The number of nitrogens with zero attached hydrogens (tertiary/aromatic N) is 2. The summed E-state index contributed by atoms with van der Waals surface area (Å²) in [7, 11) is 0. The van der Waals surface area contributed by atoms with Gasteiger partial charge in [0.05, 0.1) is 16.4 Å². The van der Waals surface area contributed by atoms with Crippen molar-refractivity contribution in [3.8, 4) is 0 Å². The zero-order valence-corrected chi connectivity index (χ0v) is 10.7. The van der Waals surface area contributed by atoms with E-state index in [1.54, 1.807) is 6.92 Å². The zero-order chi connectivity index (χ0) is 14.2. The van der Waals surface area contributed by atoms with Gasteiger partial charge in [-0.2, -0.15) is 0 Å². The average Bonchev–Trinajstić information content (AvgIpc) is 2.33. The van der Waals surface area contributed by atoms with E-state index in [0.29, 0.717) is 5.69 Å². The number of hydrogen-bond acceptors (Lipinski definition) is 4. The van der Waals surface area contributed by atoms with Gasteiger partial charge in [-0.25, -0.2) is 14.6 Å². The van der Waals surface area contributed by atoms with Crippen LogP contribution in [0.3, 0.4) is 0 Å². The van der Waals surface area contributed by atoms with Gasteiger partial charge in [-0.3, -0.25) is 15.0 Å². The second kappa shape index (κ2) is 4.85. The number of anilines is 1. The third kappa shape index (κ3) is 2.50. The lowest BCUT2D eigenvalue weighted by atomic mass is 10.2. The summed E-state index contributed by atoms with van der Waals surface area (Å²) in [5, 5.41) is 11.3. The molecule has 0 aliphatic carbocycles. The van der Waals surface area contributed by atoms with Gasteiger partial charge >= 0.3 is 12.0 Å². The van der Waals surface area contributed by atoms with Crippen molar-refractivity contribution in [1.82, 2.24) is 10.3 Å².